The van der Waals surface area contributed by atoms with Crippen LogP contribution in [-0.2, 0) is 16.6 Å². The quantitative estimate of drug-likeness (QED) is 0.722. The van der Waals surface area contributed by atoms with Gasteiger partial charge in [0.25, 0.3) is 0 Å². The Kier molecular flexibility index (Phi) is 3.49. The van der Waals surface area contributed by atoms with Gasteiger partial charge >= 0.3 is 0 Å². The fourth-order valence-electron chi connectivity index (χ4n) is 1.41. The molecule has 0 atom stereocenters. The third kappa shape index (κ3) is 2.88. The van der Waals surface area contributed by atoms with Crippen molar-refractivity contribution in [2.24, 2.45) is 0 Å². The van der Waals surface area contributed by atoms with Crippen molar-refractivity contribution in [1.29, 1.82) is 0 Å². The van der Waals surface area contributed by atoms with Crippen molar-refractivity contribution in [3.63, 3.8) is 0 Å². The van der Waals surface area contributed by atoms with Gasteiger partial charge in [0.1, 0.15) is 4.90 Å². The summed E-state index contributed by atoms with van der Waals surface area (Å²) in [5.41, 5.74) is 5.60. The first-order valence-electron chi connectivity index (χ1n) is 5.11. The Morgan fingerprint density at radius 2 is 2.11 bits per heavy atom. The van der Waals surface area contributed by atoms with Gasteiger partial charge in [-0.15, -0.1) is 0 Å². The number of hydrogen-bond acceptors (Lipinski definition) is 4. The maximum Gasteiger partial charge on any atom is 0.244 e. The molecule has 9 heteroatoms. The number of H-pyrrole nitrogens is 1. The minimum Gasteiger partial charge on any atom is -0.399 e. The summed E-state index contributed by atoms with van der Waals surface area (Å²) < 4.78 is 52.4. The zero-order valence-electron chi connectivity index (χ0n) is 9.52. The Morgan fingerprint density at radius 3 is 2.74 bits per heavy atom. The van der Waals surface area contributed by atoms with Gasteiger partial charge in [0, 0.05) is 17.6 Å². The smallest absolute Gasteiger partial charge is 0.244 e. The molecule has 2 rings (SSSR count). The highest BCUT2D eigenvalue weighted by Crippen LogP contribution is 2.21. The molecule has 0 saturated heterocycles. The van der Waals surface area contributed by atoms with E-state index in [1.54, 1.807) is 0 Å². The van der Waals surface area contributed by atoms with E-state index in [9.17, 15) is 17.2 Å². The number of imidazole rings is 1. The Bertz CT molecular complexity index is 686. The predicted octanol–water partition coefficient (Wildman–Crippen LogP) is 0.749. The van der Waals surface area contributed by atoms with Crippen LogP contribution in [0, 0.1) is 11.6 Å². The number of rotatable bonds is 4. The van der Waals surface area contributed by atoms with Crippen LogP contribution in [0.5, 0.6) is 0 Å². The van der Waals surface area contributed by atoms with Crippen LogP contribution in [0.4, 0.5) is 14.5 Å². The number of aromatic nitrogens is 2. The summed E-state index contributed by atoms with van der Waals surface area (Å²) in [5.74, 6) is -2.78. The van der Waals surface area contributed by atoms with Gasteiger partial charge in [-0.25, -0.2) is 26.9 Å². The van der Waals surface area contributed by atoms with Gasteiger partial charge < -0.3 is 10.7 Å². The number of nitrogens with zero attached hydrogens (tertiary/aromatic N) is 1. The third-order valence-electron chi connectivity index (χ3n) is 2.31. The number of aromatic amines is 1. The second-order valence-electron chi connectivity index (χ2n) is 3.72. The second-order valence-corrected chi connectivity index (χ2v) is 5.45. The molecule has 6 nitrogen and oxygen atoms in total. The van der Waals surface area contributed by atoms with Crippen LogP contribution in [0.25, 0.3) is 0 Å². The lowest BCUT2D eigenvalue weighted by molar-refractivity contribution is 0.483. The normalized spacial score (nSPS) is 11.7. The Balaban J connectivity index is 2.29. The van der Waals surface area contributed by atoms with Gasteiger partial charge in [-0.05, 0) is 12.1 Å². The number of halogens is 2. The first-order chi connectivity index (χ1) is 8.90. The average molecular weight is 288 g/mol. The van der Waals surface area contributed by atoms with E-state index in [0.29, 0.717) is 11.8 Å². The lowest BCUT2D eigenvalue weighted by Gasteiger charge is -2.08. The van der Waals surface area contributed by atoms with E-state index in [1.807, 2.05) is 0 Å². The minimum absolute atomic E-state index is 0.127. The number of anilines is 1. The standard InChI is InChI=1S/C10H10F2N4O2S/c11-8-1-6(13)2-9(10(8)12)19(17,18)16-4-7-3-14-5-15-7/h1-3,5,16H,4,13H2,(H,14,15). The maximum atomic E-state index is 13.5. The SMILES string of the molecule is Nc1cc(F)c(F)c(S(=O)(=O)NCc2cnc[nH]2)c1. The van der Waals surface area contributed by atoms with Crippen LogP contribution in [0.2, 0.25) is 0 Å². The van der Waals surface area contributed by atoms with E-state index in [4.69, 9.17) is 5.73 Å². The van der Waals surface area contributed by atoms with Crippen molar-refractivity contribution in [2.45, 2.75) is 11.4 Å². The van der Waals surface area contributed by atoms with Crippen molar-refractivity contribution >= 4 is 15.7 Å². The molecule has 0 radical (unpaired) electrons. The van der Waals surface area contributed by atoms with Crippen LogP contribution in [0.3, 0.4) is 0 Å². The minimum atomic E-state index is -4.20. The topological polar surface area (TPSA) is 101 Å². The Hall–Kier alpha value is -2.00. The number of sulfonamides is 1. The molecule has 0 aliphatic heterocycles. The van der Waals surface area contributed by atoms with E-state index in [0.717, 1.165) is 6.07 Å². The van der Waals surface area contributed by atoms with Crippen molar-refractivity contribution in [2.75, 3.05) is 5.73 Å². The van der Waals surface area contributed by atoms with Crippen LogP contribution < -0.4 is 10.5 Å². The molecule has 0 amide bonds. The lowest BCUT2D eigenvalue weighted by atomic mass is 10.3. The molecule has 1 aromatic heterocycles. The molecule has 0 saturated carbocycles. The van der Waals surface area contributed by atoms with Crippen molar-refractivity contribution in [3.8, 4) is 0 Å². The predicted molar refractivity (Wildman–Crippen MR) is 63.4 cm³/mol. The average Bonchev–Trinajstić information content (AvgIpc) is 2.84. The fourth-order valence-corrected chi connectivity index (χ4v) is 2.54. The van der Waals surface area contributed by atoms with E-state index < -0.39 is 26.6 Å². The molecule has 102 valence electrons. The number of nitrogens with one attached hydrogen (secondary N) is 2. The molecule has 0 unspecified atom stereocenters. The van der Waals surface area contributed by atoms with Crippen LogP contribution in [-0.4, -0.2) is 18.4 Å². The van der Waals surface area contributed by atoms with Crippen molar-refractivity contribution in [3.05, 3.63) is 42.0 Å². The summed E-state index contributed by atoms with van der Waals surface area (Å²) in [5, 5.41) is 0. The Labute approximate surface area is 107 Å². The largest absolute Gasteiger partial charge is 0.399 e. The van der Waals surface area contributed by atoms with Gasteiger partial charge in [0.05, 0.1) is 12.9 Å². The molecule has 0 spiro atoms. The molecule has 2 aromatic rings. The summed E-state index contributed by atoms with van der Waals surface area (Å²) >= 11 is 0. The van der Waals surface area contributed by atoms with E-state index in [1.165, 1.54) is 12.5 Å². The molecule has 0 aliphatic rings. The van der Waals surface area contributed by atoms with Gasteiger partial charge in [0.15, 0.2) is 11.6 Å². The summed E-state index contributed by atoms with van der Waals surface area (Å²) in [6.45, 7) is -0.127. The first kappa shape index (κ1) is 13.4. The molecule has 0 aliphatic carbocycles. The van der Waals surface area contributed by atoms with E-state index >= 15 is 0 Å². The molecule has 0 bridgehead atoms. The maximum absolute atomic E-state index is 13.5. The zero-order valence-corrected chi connectivity index (χ0v) is 10.3. The highest BCUT2D eigenvalue weighted by molar-refractivity contribution is 7.89. The van der Waals surface area contributed by atoms with Gasteiger partial charge in [-0.2, -0.15) is 0 Å². The van der Waals surface area contributed by atoms with Crippen molar-refractivity contribution in [1.82, 2.24) is 14.7 Å². The molecule has 1 aromatic carbocycles. The lowest BCUT2D eigenvalue weighted by Crippen LogP contribution is -2.25. The summed E-state index contributed by atoms with van der Waals surface area (Å²) in [7, 11) is -4.20. The molecule has 1 heterocycles. The van der Waals surface area contributed by atoms with E-state index in [-0.39, 0.29) is 12.2 Å². The molecular weight excluding hydrogens is 278 g/mol. The Morgan fingerprint density at radius 1 is 1.37 bits per heavy atom. The third-order valence-corrected chi connectivity index (χ3v) is 3.71. The highest BCUT2D eigenvalue weighted by Gasteiger charge is 2.22. The summed E-state index contributed by atoms with van der Waals surface area (Å²) in [4.78, 5) is 5.54. The number of benzene rings is 1. The van der Waals surface area contributed by atoms with Crippen LogP contribution >= 0.6 is 0 Å². The van der Waals surface area contributed by atoms with Crippen molar-refractivity contribution < 1.29 is 17.2 Å². The monoisotopic (exact) mass is 288 g/mol. The van der Waals surface area contributed by atoms with E-state index in [2.05, 4.69) is 14.7 Å². The molecule has 0 fully saturated rings. The van der Waals surface area contributed by atoms with Gasteiger partial charge in [0.2, 0.25) is 10.0 Å². The van der Waals surface area contributed by atoms with Gasteiger partial charge in [-0.3, -0.25) is 0 Å². The van der Waals surface area contributed by atoms with Crippen LogP contribution in [0.1, 0.15) is 5.69 Å². The number of nitrogens with two attached hydrogens (primary N) is 1. The fraction of sp³-hybridized carbons (Fsp3) is 0.100. The molecular formula is C10H10F2N4O2S. The number of nitrogen functional groups attached to an aromatic ring is 1. The number of hydrogen-bond donors (Lipinski definition) is 3. The second kappa shape index (κ2) is 4.94. The zero-order chi connectivity index (χ0) is 14.0. The van der Waals surface area contributed by atoms with Crippen LogP contribution in [0.15, 0.2) is 29.6 Å². The first-order valence-corrected chi connectivity index (χ1v) is 6.60. The summed E-state index contributed by atoms with van der Waals surface area (Å²) in [6, 6.07) is 1.57. The summed E-state index contributed by atoms with van der Waals surface area (Å²) in [6.07, 6.45) is 2.77. The van der Waals surface area contributed by atoms with Gasteiger partial charge in [-0.1, -0.05) is 0 Å². The molecule has 19 heavy (non-hydrogen) atoms. The highest BCUT2D eigenvalue weighted by atomic mass is 32.2. The molecule has 4 N–H and O–H groups in total.